The molecule has 1 saturated heterocycles. The molecule has 0 saturated carbocycles. The van der Waals surface area contributed by atoms with Crippen molar-refractivity contribution in [3.8, 4) is 0 Å². The van der Waals surface area contributed by atoms with Crippen molar-refractivity contribution in [1.29, 1.82) is 0 Å². The molecule has 1 N–H and O–H groups in total. The molecule has 2 aliphatic heterocycles. The zero-order valence-corrected chi connectivity index (χ0v) is 15.4. The number of amides is 1. The Bertz CT molecular complexity index is 774. The van der Waals surface area contributed by atoms with Crippen molar-refractivity contribution in [3.63, 3.8) is 0 Å². The predicted molar refractivity (Wildman–Crippen MR) is 103 cm³/mol. The van der Waals surface area contributed by atoms with Crippen molar-refractivity contribution >= 4 is 11.9 Å². The Morgan fingerprint density at radius 3 is 2.59 bits per heavy atom. The van der Waals surface area contributed by atoms with Crippen LogP contribution in [0.2, 0.25) is 0 Å². The van der Waals surface area contributed by atoms with Crippen LogP contribution in [0.5, 0.6) is 0 Å². The Morgan fingerprint density at radius 1 is 1.07 bits per heavy atom. The Labute approximate surface area is 159 Å². The Morgan fingerprint density at radius 2 is 1.81 bits per heavy atom. The van der Waals surface area contributed by atoms with E-state index >= 15 is 0 Å². The highest BCUT2D eigenvalue weighted by Crippen LogP contribution is 2.20. The second-order valence-electron chi connectivity index (χ2n) is 6.92. The van der Waals surface area contributed by atoms with Crippen LogP contribution in [0.3, 0.4) is 0 Å². The zero-order chi connectivity index (χ0) is 18.5. The smallest absolute Gasteiger partial charge is 0.257 e. The van der Waals surface area contributed by atoms with Gasteiger partial charge in [0, 0.05) is 51.7 Å². The quantitative estimate of drug-likeness (QED) is 0.862. The summed E-state index contributed by atoms with van der Waals surface area (Å²) in [6, 6.07) is 8.30. The Hall–Kier alpha value is -2.51. The lowest BCUT2D eigenvalue weighted by molar-refractivity contribution is 0.0398. The molecule has 7 heteroatoms. The molecule has 0 radical (unpaired) electrons. The average Bonchev–Trinajstić information content (AvgIpc) is 2.74. The minimum absolute atomic E-state index is 0.00984. The molecule has 7 nitrogen and oxygen atoms in total. The van der Waals surface area contributed by atoms with Gasteiger partial charge in [-0.2, -0.15) is 0 Å². The lowest BCUT2D eigenvalue weighted by atomic mass is 9.99. The topological polar surface area (TPSA) is 70.6 Å². The molecular weight excluding hydrogens is 342 g/mol. The van der Waals surface area contributed by atoms with Gasteiger partial charge in [0.15, 0.2) is 0 Å². The fourth-order valence-electron chi connectivity index (χ4n) is 3.53. The van der Waals surface area contributed by atoms with Gasteiger partial charge in [-0.25, -0.2) is 9.97 Å². The van der Waals surface area contributed by atoms with E-state index in [9.17, 15) is 4.79 Å². The highest BCUT2D eigenvalue weighted by molar-refractivity contribution is 5.93. The number of aromatic nitrogens is 2. The van der Waals surface area contributed by atoms with Crippen LogP contribution in [0.4, 0.5) is 5.95 Å². The number of ether oxygens (including phenoxy) is 1. The van der Waals surface area contributed by atoms with Gasteiger partial charge < -0.3 is 15.0 Å². The highest BCUT2D eigenvalue weighted by Gasteiger charge is 2.22. The molecule has 0 bridgehead atoms. The number of carbonyl (C=O) groups is 1. The van der Waals surface area contributed by atoms with Crippen LogP contribution in [-0.2, 0) is 17.7 Å². The predicted octanol–water partition coefficient (Wildman–Crippen LogP) is 1.42. The molecule has 0 atom stereocenters. The van der Waals surface area contributed by atoms with E-state index < -0.39 is 0 Å². The molecule has 0 aliphatic carbocycles. The summed E-state index contributed by atoms with van der Waals surface area (Å²) in [7, 11) is 0. The minimum atomic E-state index is -0.00984. The third-order valence-electron chi connectivity index (χ3n) is 5.13. The fraction of sp³-hybridized carbons (Fsp3) is 0.450. The van der Waals surface area contributed by atoms with Crippen LogP contribution in [0.1, 0.15) is 21.5 Å². The van der Waals surface area contributed by atoms with E-state index in [2.05, 4.69) is 38.4 Å². The van der Waals surface area contributed by atoms with Crippen molar-refractivity contribution in [2.75, 3.05) is 51.3 Å². The highest BCUT2D eigenvalue weighted by atomic mass is 16.5. The maximum Gasteiger partial charge on any atom is 0.257 e. The summed E-state index contributed by atoms with van der Waals surface area (Å²) in [4.78, 5) is 25.6. The number of hydrogen-bond donors (Lipinski definition) is 1. The molecule has 27 heavy (non-hydrogen) atoms. The third kappa shape index (κ3) is 4.43. The maximum absolute atomic E-state index is 12.7. The molecule has 1 amide bonds. The summed E-state index contributed by atoms with van der Waals surface area (Å²) >= 11 is 0. The first-order valence-corrected chi connectivity index (χ1v) is 9.52. The molecule has 1 aromatic heterocycles. The number of rotatable bonds is 5. The summed E-state index contributed by atoms with van der Waals surface area (Å²) in [6.07, 6.45) is 4.13. The number of benzene rings is 1. The van der Waals surface area contributed by atoms with E-state index in [1.54, 1.807) is 12.4 Å². The van der Waals surface area contributed by atoms with Gasteiger partial charge in [0.05, 0.1) is 18.8 Å². The van der Waals surface area contributed by atoms with Crippen LogP contribution < -0.4 is 5.32 Å². The van der Waals surface area contributed by atoms with Gasteiger partial charge in [0.2, 0.25) is 5.95 Å². The van der Waals surface area contributed by atoms with Gasteiger partial charge in [-0.3, -0.25) is 9.69 Å². The van der Waals surface area contributed by atoms with Gasteiger partial charge >= 0.3 is 0 Å². The molecule has 0 unspecified atom stereocenters. The second-order valence-corrected chi connectivity index (χ2v) is 6.92. The molecule has 1 fully saturated rings. The van der Waals surface area contributed by atoms with Crippen LogP contribution in [0.25, 0.3) is 0 Å². The Balaban J connectivity index is 1.30. The minimum Gasteiger partial charge on any atom is -0.379 e. The van der Waals surface area contributed by atoms with Crippen molar-refractivity contribution in [3.05, 3.63) is 53.3 Å². The molecule has 2 aromatic rings. The van der Waals surface area contributed by atoms with Crippen LogP contribution >= 0.6 is 0 Å². The number of fused-ring (bicyclic) bond motifs is 1. The van der Waals surface area contributed by atoms with Gasteiger partial charge in [0.25, 0.3) is 5.91 Å². The molecular formula is C20H25N5O2. The SMILES string of the molecule is O=C(c1cnc(NCCN2CCOCC2)nc1)N1CCc2ccccc2C1. The Kier molecular flexibility index (Phi) is 5.60. The monoisotopic (exact) mass is 367 g/mol. The summed E-state index contributed by atoms with van der Waals surface area (Å²) in [5.41, 5.74) is 3.09. The van der Waals surface area contributed by atoms with Crippen molar-refractivity contribution in [1.82, 2.24) is 19.8 Å². The third-order valence-corrected chi connectivity index (χ3v) is 5.13. The number of hydrogen-bond acceptors (Lipinski definition) is 6. The molecule has 4 rings (SSSR count). The van der Waals surface area contributed by atoms with E-state index in [0.29, 0.717) is 18.1 Å². The summed E-state index contributed by atoms with van der Waals surface area (Å²) in [5.74, 6) is 0.549. The van der Waals surface area contributed by atoms with Crippen molar-refractivity contribution < 1.29 is 9.53 Å². The molecule has 142 valence electrons. The number of morpholine rings is 1. The van der Waals surface area contributed by atoms with E-state index in [4.69, 9.17) is 4.74 Å². The number of anilines is 1. The maximum atomic E-state index is 12.7. The van der Waals surface area contributed by atoms with E-state index in [1.165, 1.54) is 11.1 Å². The molecule has 1 aromatic carbocycles. The largest absolute Gasteiger partial charge is 0.379 e. The standard InChI is InChI=1S/C20H25N5O2/c26-19(25-7-5-16-3-1-2-4-17(16)15-25)18-13-22-20(23-14-18)21-6-8-24-9-11-27-12-10-24/h1-4,13-14H,5-12,15H2,(H,21,22,23). The second kappa shape index (κ2) is 8.45. The van der Waals surface area contributed by atoms with Crippen molar-refractivity contribution in [2.45, 2.75) is 13.0 Å². The lowest BCUT2D eigenvalue weighted by Crippen LogP contribution is -2.39. The normalized spacial score (nSPS) is 17.4. The molecule has 3 heterocycles. The number of carbonyl (C=O) groups excluding carboxylic acids is 1. The first-order valence-electron chi connectivity index (χ1n) is 9.52. The van der Waals surface area contributed by atoms with Gasteiger partial charge in [-0.15, -0.1) is 0 Å². The van der Waals surface area contributed by atoms with Crippen LogP contribution in [0.15, 0.2) is 36.7 Å². The number of nitrogens with one attached hydrogen (secondary N) is 1. The van der Waals surface area contributed by atoms with Crippen LogP contribution in [-0.4, -0.2) is 71.6 Å². The lowest BCUT2D eigenvalue weighted by Gasteiger charge is -2.28. The van der Waals surface area contributed by atoms with Gasteiger partial charge in [0.1, 0.15) is 0 Å². The first-order chi connectivity index (χ1) is 13.3. The van der Waals surface area contributed by atoms with E-state index in [1.807, 2.05) is 11.0 Å². The summed E-state index contributed by atoms with van der Waals surface area (Å²) < 4.78 is 5.35. The zero-order valence-electron chi connectivity index (χ0n) is 15.4. The molecule has 0 spiro atoms. The average molecular weight is 367 g/mol. The van der Waals surface area contributed by atoms with Crippen molar-refractivity contribution in [2.24, 2.45) is 0 Å². The van der Waals surface area contributed by atoms with Gasteiger partial charge in [-0.05, 0) is 17.5 Å². The van der Waals surface area contributed by atoms with Gasteiger partial charge in [-0.1, -0.05) is 24.3 Å². The summed E-state index contributed by atoms with van der Waals surface area (Å²) in [5, 5.41) is 3.22. The van der Waals surface area contributed by atoms with Crippen LogP contribution in [0, 0.1) is 0 Å². The van der Waals surface area contributed by atoms with E-state index in [0.717, 1.165) is 52.4 Å². The summed E-state index contributed by atoms with van der Waals surface area (Å²) in [6.45, 7) is 6.62. The molecule has 2 aliphatic rings. The van der Waals surface area contributed by atoms with E-state index in [-0.39, 0.29) is 5.91 Å². The first kappa shape index (κ1) is 17.9. The number of nitrogens with zero attached hydrogens (tertiary/aromatic N) is 4. The fourth-order valence-corrected chi connectivity index (χ4v) is 3.53.